The van der Waals surface area contributed by atoms with Gasteiger partial charge < -0.3 is 14.5 Å². The Morgan fingerprint density at radius 3 is 2.67 bits per heavy atom. The molecule has 2 aromatic rings. The molecule has 12 heteroatoms. The number of carbonyl (C=O) groups is 1. The summed E-state index contributed by atoms with van der Waals surface area (Å²) < 4.78 is 86.5. The first-order chi connectivity index (χ1) is 17.0. The summed E-state index contributed by atoms with van der Waals surface area (Å²) >= 11 is 0. The van der Waals surface area contributed by atoms with Crippen LogP contribution in [0.15, 0.2) is 30.3 Å². The van der Waals surface area contributed by atoms with Gasteiger partial charge in [0.15, 0.2) is 17.6 Å². The Hall–Kier alpha value is -2.86. The molecule has 3 atom stereocenters. The standard InChI is InChI=1S/C24H26F4N4O3S/c1-31-7-8-35-21-17(10-15(26)11-18(21)27)16-4-2-3-14(20(16)28)9-19-22(30-36(29,34)13-25)24(5-6-24)12-32(19)23(31)33/h2-4,10-11,19,22H,5-9,12-13H2,1H3,(H2,29,30,34)/t19-,22+,36?/m0/s1. The SMILES string of the molecule is CN1CCOc2c(F)cc(F)cc2-c2cccc(c2F)C[C@H]2[C@@H](NS(=N)(=O)CF)C3(CC3)CN2C1=O. The third-order valence-electron chi connectivity index (χ3n) is 7.34. The van der Waals surface area contributed by atoms with Crippen molar-refractivity contribution in [1.82, 2.24) is 14.5 Å². The van der Waals surface area contributed by atoms with Crippen LogP contribution in [0.5, 0.6) is 5.75 Å². The zero-order valence-corrected chi connectivity index (χ0v) is 20.3. The second-order valence-corrected chi connectivity index (χ2v) is 11.5. The smallest absolute Gasteiger partial charge is 0.320 e. The summed E-state index contributed by atoms with van der Waals surface area (Å²) in [5, 5.41) is 0. The first-order valence-corrected chi connectivity index (χ1v) is 13.3. The molecular formula is C24H26F4N4O3S. The molecule has 2 N–H and O–H groups in total. The number of ether oxygens (including phenoxy) is 1. The minimum absolute atomic E-state index is 0.0333. The number of rotatable bonds is 3. The van der Waals surface area contributed by atoms with Crippen molar-refractivity contribution in [2.75, 3.05) is 32.8 Å². The van der Waals surface area contributed by atoms with E-state index in [1.165, 1.54) is 23.1 Å². The van der Waals surface area contributed by atoms with Crippen LogP contribution in [0.25, 0.3) is 11.1 Å². The molecule has 36 heavy (non-hydrogen) atoms. The number of nitrogens with one attached hydrogen (secondary N) is 2. The summed E-state index contributed by atoms with van der Waals surface area (Å²) in [6.45, 7) is 0.207. The highest BCUT2D eigenvalue weighted by Crippen LogP contribution is 2.56. The Kier molecular flexibility index (Phi) is 6.14. The second-order valence-electron chi connectivity index (χ2n) is 9.74. The van der Waals surface area contributed by atoms with Crippen molar-refractivity contribution in [1.29, 1.82) is 4.78 Å². The first kappa shape index (κ1) is 24.8. The number of hydrogen-bond acceptors (Lipinski definition) is 4. The number of amides is 2. The van der Waals surface area contributed by atoms with Crippen molar-refractivity contribution in [3.05, 3.63) is 53.3 Å². The predicted molar refractivity (Wildman–Crippen MR) is 125 cm³/mol. The van der Waals surface area contributed by atoms with Crippen molar-refractivity contribution < 1.29 is 31.3 Å². The van der Waals surface area contributed by atoms with Gasteiger partial charge in [-0.15, -0.1) is 0 Å². The highest BCUT2D eigenvalue weighted by Gasteiger charge is 2.61. The van der Waals surface area contributed by atoms with Gasteiger partial charge >= 0.3 is 6.03 Å². The van der Waals surface area contributed by atoms with Crippen LogP contribution in [-0.2, 0) is 16.3 Å². The molecule has 2 bridgehead atoms. The van der Waals surface area contributed by atoms with Crippen LogP contribution in [0.4, 0.5) is 22.4 Å². The monoisotopic (exact) mass is 526 g/mol. The van der Waals surface area contributed by atoms with Crippen LogP contribution in [0.1, 0.15) is 18.4 Å². The molecule has 7 nitrogen and oxygen atoms in total. The Labute approximate surface area is 206 Å². The second kappa shape index (κ2) is 8.91. The lowest BCUT2D eigenvalue weighted by Crippen LogP contribution is -2.52. The van der Waals surface area contributed by atoms with E-state index in [9.17, 15) is 22.2 Å². The largest absolute Gasteiger partial charge is 0.488 e. The molecule has 1 saturated heterocycles. The summed E-state index contributed by atoms with van der Waals surface area (Å²) in [5.74, 6) is -2.94. The van der Waals surface area contributed by atoms with Gasteiger partial charge in [-0.1, -0.05) is 18.2 Å². The Balaban J connectivity index is 1.64. The topological polar surface area (TPSA) is 85.7 Å². The van der Waals surface area contributed by atoms with E-state index in [0.717, 1.165) is 6.07 Å². The van der Waals surface area contributed by atoms with Gasteiger partial charge in [0.05, 0.1) is 12.6 Å². The number of benzene rings is 2. The van der Waals surface area contributed by atoms with Gasteiger partial charge in [0.2, 0.25) is 0 Å². The molecule has 3 aliphatic rings. The zero-order chi connectivity index (χ0) is 25.8. The van der Waals surface area contributed by atoms with Crippen LogP contribution >= 0.6 is 0 Å². The molecule has 2 aliphatic heterocycles. The molecule has 2 heterocycles. The number of likely N-dealkylation sites (N-methyl/N-ethyl adjacent to an activating group) is 1. The summed E-state index contributed by atoms with van der Waals surface area (Å²) in [6.07, 6.45) is 1.34. The summed E-state index contributed by atoms with van der Waals surface area (Å²) in [7, 11) is -2.22. The maximum absolute atomic E-state index is 15.9. The Morgan fingerprint density at radius 1 is 1.22 bits per heavy atom. The van der Waals surface area contributed by atoms with E-state index in [1.54, 1.807) is 11.9 Å². The van der Waals surface area contributed by atoms with Crippen molar-refractivity contribution in [2.45, 2.75) is 31.3 Å². The van der Waals surface area contributed by atoms with Crippen molar-refractivity contribution >= 4 is 15.9 Å². The van der Waals surface area contributed by atoms with Crippen LogP contribution < -0.4 is 9.46 Å². The fourth-order valence-electron chi connectivity index (χ4n) is 5.33. The van der Waals surface area contributed by atoms with Crippen molar-refractivity contribution in [3.8, 4) is 16.9 Å². The van der Waals surface area contributed by atoms with Crippen LogP contribution in [0, 0.1) is 27.6 Å². The van der Waals surface area contributed by atoms with Crippen molar-refractivity contribution in [2.24, 2.45) is 5.41 Å². The molecule has 1 spiro atoms. The number of halogens is 4. The Bertz CT molecular complexity index is 1320. The summed E-state index contributed by atoms with van der Waals surface area (Å²) in [4.78, 5) is 16.4. The van der Waals surface area contributed by atoms with E-state index in [2.05, 4.69) is 4.72 Å². The van der Waals surface area contributed by atoms with Crippen LogP contribution in [0.2, 0.25) is 0 Å². The fraction of sp³-hybridized carbons (Fsp3) is 0.458. The van der Waals surface area contributed by atoms with Gasteiger partial charge in [-0.2, -0.15) is 0 Å². The molecule has 0 radical (unpaired) electrons. The average Bonchev–Trinajstić information content (AvgIpc) is 3.55. The van der Waals surface area contributed by atoms with Gasteiger partial charge in [-0.3, -0.25) is 0 Å². The number of fused-ring (bicyclic) bond motifs is 5. The molecule has 5 rings (SSSR count). The molecular weight excluding hydrogens is 500 g/mol. The summed E-state index contributed by atoms with van der Waals surface area (Å²) in [5.41, 5.74) is -0.485. The minimum Gasteiger partial charge on any atom is -0.488 e. The average molecular weight is 527 g/mol. The van der Waals surface area contributed by atoms with Gasteiger partial charge in [-0.25, -0.2) is 36.1 Å². The van der Waals surface area contributed by atoms with Gasteiger partial charge in [-0.05, 0) is 30.9 Å². The number of alkyl halides is 1. The highest BCUT2D eigenvalue weighted by atomic mass is 32.2. The molecule has 2 amide bonds. The van der Waals surface area contributed by atoms with E-state index < -0.39 is 56.9 Å². The van der Waals surface area contributed by atoms with Gasteiger partial charge in [0, 0.05) is 42.2 Å². The molecule has 1 aliphatic carbocycles. The van der Waals surface area contributed by atoms with E-state index in [4.69, 9.17) is 9.52 Å². The van der Waals surface area contributed by atoms with Gasteiger partial charge in [0.25, 0.3) is 0 Å². The van der Waals surface area contributed by atoms with Gasteiger partial charge in [0.1, 0.15) is 28.2 Å². The lowest BCUT2D eigenvalue weighted by Gasteiger charge is -2.32. The van der Waals surface area contributed by atoms with E-state index >= 15 is 4.39 Å². The fourth-order valence-corrected chi connectivity index (χ4v) is 6.21. The first-order valence-electron chi connectivity index (χ1n) is 11.6. The minimum atomic E-state index is -3.77. The molecule has 194 valence electrons. The Morgan fingerprint density at radius 2 is 1.97 bits per heavy atom. The molecule has 1 unspecified atom stereocenters. The molecule has 1 saturated carbocycles. The number of hydrogen-bond donors (Lipinski definition) is 2. The van der Waals surface area contributed by atoms with Crippen molar-refractivity contribution in [3.63, 3.8) is 0 Å². The summed E-state index contributed by atoms with van der Waals surface area (Å²) in [6, 6.07) is 2.87. The quantitative estimate of drug-likeness (QED) is 0.592. The van der Waals surface area contributed by atoms with Crippen LogP contribution in [0.3, 0.4) is 0 Å². The maximum atomic E-state index is 15.9. The number of nitrogens with zero attached hydrogens (tertiary/aromatic N) is 2. The lowest BCUT2D eigenvalue weighted by molar-refractivity contribution is 0.146. The van der Waals surface area contributed by atoms with E-state index in [0.29, 0.717) is 18.9 Å². The highest BCUT2D eigenvalue weighted by molar-refractivity contribution is 7.90. The predicted octanol–water partition coefficient (Wildman–Crippen LogP) is 4.07. The third-order valence-corrected chi connectivity index (χ3v) is 8.29. The molecule has 2 aromatic carbocycles. The van der Waals surface area contributed by atoms with E-state index in [-0.39, 0.29) is 48.6 Å². The normalized spacial score (nSPS) is 24.6. The zero-order valence-electron chi connectivity index (χ0n) is 19.5. The van der Waals surface area contributed by atoms with Crippen LogP contribution in [-0.4, -0.2) is 64.9 Å². The lowest BCUT2D eigenvalue weighted by atomic mass is 9.91. The number of carbonyl (C=O) groups excluding carboxylic acids is 1. The molecule has 0 aromatic heterocycles. The van der Waals surface area contributed by atoms with E-state index in [1.807, 2.05) is 0 Å². The maximum Gasteiger partial charge on any atom is 0.320 e. The molecule has 2 fully saturated rings. The number of urea groups is 1. The third kappa shape index (κ3) is 4.30.